The number of hydrogen-bond donors (Lipinski definition) is 3. The van der Waals surface area contributed by atoms with E-state index in [0.717, 1.165) is 70.4 Å². The van der Waals surface area contributed by atoms with E-state index in [1.54, 1.807) is 7.05 Å². The van der Waals surface area contributed by atoms with Crippen LogP contribution in [0.25, 0.3) is 0 Å². The summed E-state index contributed by atoms with van der Waals surface area (Å²) in [6.07, 6.45) is 2.71. The van der Waals surface area contributed by atoms with Crippen LogP contribution >= 0.6 is 0 Å². The Balaban J connectivity index is 1.59. The van der Waals surface area contributed by atoms with Gasteiger partial charge >= 0.3 is 6.09 Å². The van der Waals surface area contributed by atoms with Gasteiger partial charge in [-0.05, 0) is 64.3 Å². The van der Waals surface area contributed by atoms with Gasteiger partial charge in [0.05, 0.1) is 13.2 Å². The summed E-state index contributed by atoms with van der Waals surface area (Å²) in [4.78, 5) is 18.6. The van der Waals surface area contributed by atoms with E-state index in [4.69, 9.17) is 9.47 Å². The third-order valence-corrected chi connectivity index (χ3v) is 4.83. The lowest BCUT2D eigenvalue weighted by Crippen LogP contribution is -2.39. The van der Waals surface area contributed by atoms with Gasteiger partial charge in [-0.1, -0.05) is 12.1 Å². The van der Waals surface area contributed by atoms with Gasteiger partial charge in [-0.3, -0.25) is 15.2 Å². The first kappa shape index (κ1) is 24.9. The van der Waals surface area contributed by atoms with Gasteiger partial charge < -0.3 is 20.1 Å². The van der Waals surface area contributed by atoms with E-state index in [1.165, 1.54) is 12.0 Å². The number of benzene rings is 1. The summed E-state index contributed by atoms with van der Waals surface area (Å²) in [5.41, 5.74) is 1.40. The number of nitrogens with one attached hydrogen (secondary N) is 3. The first-order valence-corrected chi connectivity index (χ1v) is 11.2. The quantitative estimate of drug-likeness (QED) is 0.315. The van der Waals surface area contributed by atoms with Gasteiger partial charge in [0.1, 0.15) is 5.60 Å². The Labute approximate surface area is 186 Å². The van der Waals surface area contributed by atoms with Crippen molar-refractivity contribution >= 4 is 17.7 Å². The van der Waals surface area contributed by atoms with Crippen LogP contribution in [0.2, 0.25) is 0 Å². The van der Waals surface area contributed by atoms with Crippen molar-refractivity contribution in [3.05, 3.63) is 29.8 Å². The summed E-state index contributed by atoms with van der Waals surface area (Å²) >= 11 is 0. The minimum atomic E-state index is -0.509. The highest BCUT2D eigenvalue weighted by molar-refractivity contribution is 5.84. The Kier molecular flexibility index (Phi) is 10.6. The van der Waals surface area contributed by atoms with Crippen molar-refractivity contribution in [2.45, 2.75) is 45.6 Å². The van der Waals surface area contributed by atoms with Crippen molar-refractivity contribution < 1.29 is 14.3 Å². The van der Waals surface area contributed by atoms with Crippen LogP contribution in [0.5, 0.6) is 0 Å². The Bertz CT molecular complexity index is 679. The second-order valence-corrected chi connectivity index (χ2v) is 8.66. The number of hydrogen-bond acceptors (Lipinski definition) is 5. The second kappa shape index (κ2) is 13.2. The zero-order valence-corrected chi connectivity index (χ0v) is 19.5. The van der Waals surface area contributed by atoms with Crippen LogP contribution in [-0.4, -0.2) is 75.5 Å². The number of rotatable bonds is 9. The average molecular weight is 434 g/mol. The van der Waals surface area contributed by atoms with E-state index in [-0.39, 0.29) is 0 Å². The fraction of sp³-hybridized carbons (Fsp3) is 0.652. The molecule has 1 fully saturated rings. The third-order valence-electron chi connectivity index (χ3n) is 4.83. The normalized spacial score (nSPS) is 15.4. The van der Waals surface area contributed by atoms with Gasteiger partial charge in [-0.2, -0.15) is 0 Å². The standard InChI is InChI=1S/C23H39N5O3/c1-23(2,3)31-22(29)27-20-9-7-19(8-10-20)11-13-26-21(24-4)25-12-5-6-14-28-15-17-30-18-16-28/h7-10H,5-6,11-18H2,1-4H3,(H,27,29)(H2,24,25,26). The monoisotopic (exact) mass is 433 g/mol. The average Bonchev–Trinajstić information content (AvgIpc) is 2.73. The molecular formula is C23H39N5O3. The number of carbonyl (C=O) groups is 1. The van der Waals surface area contributed by atoms with Crippen molar-refractivity contribution in [3.63, 3.8) is 0 Å². The maximum absolute atomic E-state index is 11.8. The highest BCUT2D eigenvalue weighted by Crippen LogP contribution is 2.13. The molecule has 1 saturated heterocycles. The molecule has 8 heteroatoms. The first-order chi connectivity index (χ1) is 14.9. The molecule has 8 nitrogen and oxygen atoms in total. The summed E-state index contributed by atoms with van der Waals surface area (Å²) in [6, 6.07) is 7.80. The fourth-order valence-electron chi connectivity index (χ4n) is 3.21. The maximum Gasteiger partial charge on any atom is 0.412 e. The number of amides is 1. The van der Waals surface area contributed by atoms with Crippen LogP contribution in [0.15, 0.2) is 29.3 Å². The van der Waals surface area contributed by atoms with E-state index >= 15 is 0 Å². The van der Waals surface area contributed by atoms with Crippen molar-refractivity contribution in [2.24, 2.45) is 4.99 Å². The SMILES string of the molecule is CN=C(NCCCCN1CCOCC1)NCCc1ccc(NC(=O)OC(C)(C)C)cc1. The van der Waals surface area contributed by atoms with E-state index in [0.29, 0.717) is 0 Å². The molecule has 0 aliphatic carbocycles. The van der Waals surface area contributed by atoms with E-state index in [1.807, 2.05) is 45.0 Å². The van der Waals surface area contributed by atoms with E-state index in [2.05, 4.69) is 25.8 Å². The van der Waals surface area contributed by atoms with Gasteiger partial charge in [0.15, 0.2) is 5.96 Å². The number of unbranched alkanes of at least 4 members (excludes halogenated alkanes) is 1. The zero-order chi connectivity index (χ0) is 22.5. The molecule has 0 aromatic heterocycles. The van der Waals surface area contributed by atoms with Crippen molar-refractivity contribution in [2.75, 3.05) is 58.3 Å². The number of ether oxygens (including phenoxy) is 2. The predicted octanol–water partition coefficient (Wildman–Crippen LogP) is 2.85. The van der Waals surface area contributed by atoms with Crippen LogP contribution in [0.1, 0.15) is 39.2 Å². The van der Waals surface area contributed by atoms with Gasteiger partial charge in [0.25, 0.3) is 0 Å². The number of morpholine rings is 1. The Hall–Kier alpha value is -2.32. The molecule has 0 atom stereocenters. The molecular weight excluding hydrogens is 394 g/mol. The predicted molar refractivity (Wildman–Crippen MR) is 126 cm³/mol. The first-order valence-electron chi connectivity index (χ1n) is 11.2. The molecule has 1 aliphatic heterocycles. The van der Waals surface area contributed by atoms with Crippen LogP contribution < -0.4 is 16.0 Å². The minimum absolute atomic E-state index is 0.443. The molecule has 0 bridgehead atoms. The van der Waals surface area contributed by atoms with Gasteiger partial charge in [0, 0.05) is 38.9 Å². The number of aliphatic imine (C=N–C) groups is 1. The number of carbonyl (C=O) groups excluding carboxylic acids is 1. The molecule has 31 heavy (non-hydrogen) atoms. The van der Waals surface area contributed by atoms with Crippen LogP contribution in [0.4, 0.5) is 10.5 Å². The Morgan fingerprint density at radius 3 is 2.42 bits per heavy atom. The molecule has 174 valence electrons. The number of guanidine groups is 1. The lowest BCUT2D eigenvalue weighted by atomic mass is 10.1. The summed E-state index contributed by atoms with van der Waals surface area (Å²) in [6.45, 7) is 12.2. The van der Waals surface area contributed by atoms with Crippen molar-refractivity contribution in [1.82, 2.24) is 15.5 Å². The fourth-order valence-corrected chi connectivity index (χ4v) is 3.21. The molecule has 1 aromatic rings. The second-order valence-electron chi connectivity index (χ2n) is 8.66. The third kappa shape index (κ3) is 11.0. The molecule has 0 radical (unpaired) electrons. The summed E-state index contributed by atoms with van der Waals surface area (Å²) < 4.78 is 10.6. The topological polar surface area (TPSA) is 87.2 Å². The van der Waals surface area contributed by atoms with Gasteiger partial charge in [0.2, 0.25) is 0 Å². The van der Waals surface area contributed by atoms with E-state index < -0.39 is 11.7 Å². The molecule has 0 saturated carbocycles. The Morgan fingerprint density at radius 1 is 1.10 bits per heavy atom. The molecule has 0 unspecified atom stereocenters. The highest BCUT2D eigenvalue weighted by Gasteiger charge is 2.16. The lowest BCUT2D eigenvalue weighted by molar-refractivity contribution is 0.0372. The largest absolute Gasteiger partial charge is 0.444 e. The Morgan fingerprint density at radius 2 is 1.77 bits per heavy atom. The van der Waals surface area contributed by atoms with Crippen molar-refractivity contribution in [3.8, 4) is 0 Å². The summed E-state index contributed by atoms with van der Waals surface area (Å²) in [5.74, 6) is 0.828. The molecule has 1 heterocycles. The number of nitrogens with zero attached hydrogens (tertiary/aromatic N) is 2. The maximum atomic E-state index is 11.8. The molecule has 2 rings (SSSR count). The lowest BCUT2D eigenvalue weighted by Gasteiger charge is -2.26. The van der Waals surface area contributed by atoms with Crippen LogP contribution in [0, 0.1) is 0 Å². The van der Waals surface area contributed by atoms with Crippen LogP contribution in [-0.2, 0) is 15.9 Å². The van der Waals surface area contributed by atoms with Crippen molar-refractivity contribution in [1.29, 1.82) is 0 Å². The molecule has 3 N–H and O–H groups in total. The molecule has 1 aliphatic rings. The molecule has 0 spiro atoms. The minimum Gasteiger partial charge on any atom is -0.444 e. The van der Waals surface area contributed by atoms with E-state index in [9.17, 15) is 4.79 Å². The van der Waals surface area contributed by atoms with Crippen LogP contribution in [0.3, 0.4) is 0 Å². The summed E-state index contributed by atoms with van der Waals surface area (Å²) in [5, 5.41) is 9.48. The smallest absolute Gasteiger partial charge is 0.412 e. The molecule has 1 aromatic carbocycles. The summed E-state index contributed by atoms with van der Waals surface area (Å²) in [7, 11) is 1.79. The highest BCUT2D eigenvalue weighted by atomic mass is 16.6. The van der Waals surface area contributed by atoms with Gasteiger partial charge in [-0.15, -0.1) is 0 Å². The molecule has 1 amide bonds. The van der Waals surface area contributed by atoms with Gasteiger partial charge in [-0.25, -0.2) is 4.79 Å². The number of anilines is 1. The zero-order valence-electron chi connectivity index (χ0n) is 19.5.